The summed E-state index contributed by atoms with van der Waals surface area (Å²) in [7, 11) is 8.37. The largest absolute Gasteiger partial charge is 0.455 e. The third-order valence-electron chi connectivity index (χ3n) is 21.8. The molecule has 8 aromatic heterocycles. The van der Waals surface area contributed by atoms with Gasteiger partial charge in [0.2, 0.25) is 22.8 Å². The van der Waals surface area contributed by atoms with Crippen LogP contribution < -0.4 is 18.3 Å². The minimum atomic E-state index is 0.485. The van der Waals surface area contributed by atoms with Crippen LogP contribution >= 0.6 is 0 Å². The van der Waals surface area contributed by atoms with Crippen LogP contribution in [-0.2, 0) is 34.6 Å². The maximum atomic E-state index is 6.47. The molecule has 0 bridgehead atoms. The summed E-state index contributed by atoms with van der Waals surface area (Å²) in [6.45, 7) is 17.4. The van der Waals surface area contributed by atoms with Crippen molar-refractivity contribution in [1.82, 2.24) is 0 Å². The van der Waals surface area contributed by atoms with Gasteiger partial charge < -0.3 is 17.7 Å². The fraction of sp³-hybridized carbons (Fsp3) is 0.143. The highest BCUT2D eigenvalue weighted by Gasteiger charge is 2.27. The number of rotatable bonds is 6. The first-order valence-electron chi connectivity index (χ1n) is 36.8. The van der Waals surface area contributed by atoms with E-state index in [2.05, 4.69) is 369 Å². The minimum absolute atomic E-state index is 0.485. The number of benzene rings is 12. The number of hydrogen-bond donors (Lipinski definition) is 0. The van der Waals surface area contributed by atoms with Gasteiger partial charge in [0.15, 0.2) is 24.8 Å². The van der Waals surface area contributed by atoms with Gasteiger partial charge in [-0.3, -0.25) is 0 Å². The van der Waals surface area contributed by atoms with Crippen LogP contribution in [0.25, 0.3) is 176 Å². The molecule has 20 rings (SSSR count). The molecule has 0 radical (unpaired) electrons. The molecule has 0 spiro atoms. The van der Waals surface area contributed by atoms with Gasteiger partial charge in [-0.15, -0.1) is 0 Å². The average Bonchev–Trinajstić information content (AvgIpc) is 1.63. The van der Waals surface area contributed by atoms with Crippen molar-refractivity contribution in [2.75, 3.05) is 0 Å². The molecule has 0 unspecified atom stereocenters. The van der Waals surface area contributed by atoms with Crippen molar-refractivity contribution in [3.8, 4) is 45.0 Å². The van der Waals surface area contributed by atoms with Gasteiger partial charge in [-0.1, -0.05) is 191 Å². The smallest absolute Gasteiger partial charge is 0.216 e. The van der Waals surface area contributed by atoms with Crippen molar-refractivity contribution in [3.63, 3.8) is 0 Å². The van der Waals surface area contributed by atoms with E-state index < -0.39 is 0 Å². The quantitative estimate of drug-likeness (QED) is 0.156. The fourth-order valence-corrected chi connectivity index (χ4v) is 16.1. The first-order chi connectivity index (χ1) is 51.6. The lowest BCUT2D eigenvalue weighted by molar-refractivity contribution is -0.660. The summed E-state index contributed by atoms with van der Waals surface area (Å²) in [6.07, 6.45) is 9.51. The van der Waals surface area contributed by atoms with Crippen molar-refractivity contribution < 1.29 is 35.9 Å². The molecule has 0 aliphatic rings. The van der Waals surface area contributed by atoms with E-state index in [0.29, 0.717) is 5.92 Å². The molecule has 20 aromatic rings. The number of aromatic nitrogens is 4. The second-order valence-electron chi connectivity index (χ2n) is 29.0. The van der Waals surface area contributed by atoms with Crippen LogP contribution in [0.4, 0.5) is 0 Å². The highest BCUT2D eigenvalue weighted by Crippen LogP contribution is 2.45. The number of hydrogen-bond acceptors (Lipinski definition) is 4. The Balaban J connectivity index is 0.000000104. The number of fused-ring (bicyclic) bond motifs is 20. The van der Waals surface area contributed by atoms with Crippen molar-refractivity contribution in [3.05, 3.63) is 312 Å². The van der Waals surface area contributed by atoms with Crippen molar-refractivity contribution >= 4 is 131 Å². The Bertz CT molecular complexity index is 6920. The lowest BCUT2D eigenvalue weighted by Gasteiger charge is -2.09. The van der Waals surface area contributed by atoms with Crippen LogP contribution in [0.15, 0.2) is 291 Å². The van der Waals surface area contributed by atoms with Crippen LogP contribution in [0.3, 0.4) is 0 Å². The summed E-state index contributed by atoms with van der Waals surface area (Å²) < 4.78 is 34.4. The Morgan fingerprint density at radius 3 is 0.972 bits per heavy atom. The second-order valence-corrected chi connectivity index (χ2v) is 29.0. The maximum absolute atomic E-state index is 6.47. The number of pyridine rings is 4. The molecule has 0 atom stereocenters. The molecule has 0 aliphatic carbocycles. The Labute approximate surface area is 616 Å². The maximum Gasteiger partial charge on any atom is 0.216 e. The zero-order valence-electron chi connectivity index (χ0n) is 62.2. The molecular weight excluding hydrogens is 1300 g/mol. The van der Waals surface area contributed by atoms with E-state index in [0.717, 1.165) is 56.8 Å². The van der Waals surface area contributed by atoms with Crippen LogP contribution in [0.5, 0.6) is 0 Å². The van der Waals surface area contributed by atoms with Gasteiger partial charge in [-0.2, -0.15) is 0 Å². The first-order valence-corrected chi connectivity index (χ1v) is 36.8. The Hall–Kier alpha value is -12.5. The molecule has 0 fully saturated rings. The highest BCUT2D eigenvalue weighted by molar-refractivity contribution is 6.24. The molecular formula is C98H84N4O4+4. The lowest BCUT2D eigenvalue weighted by atomic mass is 9.96. The molecule has 0 amide bonds. The summed E-state index contributed by atoms with van der Waals surface area (Å²) in [6, 6.07) is 88.2. The second kappa shape index (κ2) is 26.9. The molecule has 8 heteroatoms. The third kappa shape index (κ3) is 11.5. The molecule has 0 aliphatic heterocycles. The van der Waals surface area contributed by atoms with Crippen LogP contribution in [0.1, 0.15) is 65.6 Å². The lowest BCUT2D eigenvalue weighted by Crippen LogP contribution is -2.31. The Morgan fingerprint density at radius 2 is 0.604 bits per heavy atom. The van der Waals surface area contributed by atoms with Crippen molar-refractivity contribution in [1.29, 1.82) is 0 Å². The highest BCUT2D eigenvalue weighted by atomic mass is 16.3. The Kier molecular flexibility index (Phi) is 17.0. The van der Waals surface area contributed by atoms with E-state index in [1.165, 1.54) is 164 Å². The summed E-state index contributed by atoms with van der Waals surface area (Å²) in [5.74, 6) is 0.485. The molecule has 8 heterocycles. The summed E-state index contributed by atoms with van der Waals surface area (Å²) in [5, 5.41) is 19.5. The van der Waals surface area contributed by atoms with Gasteiger partial charge in [0.1, 0.15) is 72.9 Å². The monoisotopic (exact) mass is 1380 g/mol. The van der Waals surface area contributed by atoms with Gasteiger partial charge in [-0.25, -0.2) is 18.3 Å². The van der Waals surface area contributed by atoms with E-state index in [1.807, 2.05) is 6.07 Å². The van der Waals surface area contributed by atoms with Gasteiger partial charge in [0.05, 0.1) is 22.3 Å². The van der Waals surface area contributed by atoms with E-state index in [9.17, 15) is 0 Å². The molecule has 0 saturated heterocycles. The van der Waals surface area contributed by atoms with Crippen LogP contribution in [-0.4, -0.2) is 0 Å². The summed E-state index contributed by atoms with van der Waals surface area (Å²) in [5.41, 5.74) is 25.9. The standard InChI is InChI=1S/C26H24NO.C25H22NO.C24H20NO.C23H18NO/c1-16(2)19-13-14-27(4)22(15-19)24-17(3)9-11-21-25-20-8-6-5-7-18(20)10-12-23(25)28-26(21)24;1-4-17-13-14-26(3)21(15-17)23-16(2)9-11-20-24-19-8-6-5-7-18(19)10-12-22(24)27-25(20)23;1-15-12-13-25(3)20(14-15)22-16(2)8-10-19-23-18-7-5-4-6-17(18)9-11-21(23)26-24(19)22;1-15-10-12-18-22-17-8-4-3-7-16(17)11-13-20(22)25-23(18)21(15)19-9-5-6-14-24(19)2/h5-16H,1-4H3;5-15H,4H2,1-3H3;4-14H,1-3H3;3-14H,1-2H3/q4*+1. The number of furan rings is 4. The van der Waals surface area contributed by atoms with E-state index in [-0.39, 0.29) is 0 Å². The van der Waals surface area contributed by atoms with Crippen LogP contribution in [0.2, 0.25) is 0 Å². The normalized spacial score (nSPS) is 11.7. The molecule has 8 nitrogen and oxygen atoms in total. The number of nitrogens with zero attached hydrogens (tertiary/aromatic N) is 4. The van der Waals surface area contributed by atoms with Crippen molar-refractivity contribution in [2.45, 2.75) is 67.7 Å². The van der Waals surface area contributed by atoms with Crippen LogP contribution in [0, 0.1) is 34.6 Å². The minimum Gasteiger partial charge on any atom is -0.455 e. The molecule has 0 saturated carbocycles. The third-order valence-corrected chi connectivity index (χ3v) is 21.8. The van der Waals surface area contributed by atoms with E-state index >= 15 is 0 Å². The molecule has 516 valence electrons. The molecule has 0 N–H and O–H groups in total. The SMILES string of the molecule is CCc1cc[n+](C)c(-c2c(C)ccc3c2oc2ccc4ccccc4c23)c1.Cc1cc[n+](C)c(-c2c(C)ccc3c2oc2ccc4ccccc4c23)c1.Cc1ccc2c(oc3ccc4ccccc4c32)c1-c1cc(C(C)C)cc[n+]1C.Cc1ccc2c(oc3ccc4ccccc4c32)c1-c1cccc[n+]1C. The first kappa shape index (κ1) is 66.7. The van der Waals surface area contributed by atoms with Gasteiger partial charge in [0, 0.05) is 91.6 Å². The molecule has 106 heavy (non-hydrogen) atoms. The predicted molar refractivity (Wildman–Crippen MR) is 439 cm³/mol. The predicted octanol–water partition coefficient (Wildman–Crippen LogP) is 24.2. The van der Waals surface area contributed by atoms with Crippen molar-refractivity contribution in [2.24, 2.45) is 28.2 Å². The zero-order chi connectivity index (χ0) is 72.8. The fourth-order valence-electron chi connectivity index (χ4n) is 16.1. The molecule has 12 aromatic carbocycles. The number of aryl methyl sites for hydroxylation is 10. The Morgan fingerprint density at radius 1 is 0.283 bits per heavy atom. The topological polar surface area (TPSA) is 68.1 Å². The van der Waals surface area contributed by atoms with Gasteiger partial charge in [-0.05, 0) is 159 Å². The zero-order valence-corrected chi connectivity index (χ0v) is 62.2. The summed E-state index contributed by atoms with van der Waals surface area (Å²) >= 11 is 0. The van der Waals surface area contributed by atoms with E-state index in [1.54, 1.807) is 0 Å². The van der Waals surface area contributed by atoms with E-state index in [4.69, 9.17) is 17.7 Å². The van der Waals surface area contributed by atoms with Gasteiger partial charge >= 0.3 is 0 Å². The van der Waals surface area contributed by atoms with Gasteiger partial charge in [0.25, 0.3) is 0 Å². The summed E-state index contributed by atoms with van der Waals surface area (Å²) in [4.78, 5) is 0. The average molecular weight is 1380 g/mol.